The third kappa shape index (κ3) is 5.96. The summed E-state index contributed by atoms with van der Waals surface area (Å²) < 4.78 is 6.00. The molecular weight excluding hydrogens is 410 g/mol. The van der Waals surface area contributed by atoms with E-state index in [1.807, 2.05) is 24.3 Å². The van der Waals surface area contributed by atoms with Crippen molar-refractivity contribution in [3.05, 3.63) is 95.1 Å². The van der Waals surface area contributed by atoms with Crippen LogP contribution in [0, 0.1) is 11.8 Å². The molecule has 0 unspecified atom stereocenters. The number of hydrogen-bond donors (Lipinski definition) is 1. The van der Waals surface area contributed by atoms with Crippen molar-refractivity contribution in [3.8, 4) is 17.6 Å². The molecule has 0 spiro atoms. The number of carboxylic acid groups (broad SMARTS) is 1. The van der Waals surface area contributed by atoms with Gasteiger partial charge in [-0.15, -0.1) is 5.92 Å². The molecule has 33 heavy (non-hydrogen) atoms. The highest BCUT2D eigenvalue weighted by Gasteiger charge is 2.16. The van der Waals surface area contributed by atoms with E-state index in [2.05, 4.69) is 65.3 Å². The summed E-state index contributed by atoms with van der Waals surface area (Å²) in [6, 6.07) is 24.8. The second kappa shape index (κ2) is 10.7. The number of rotatable bonds is 8. The zero-order valence-electron chi connectivity index (χ0n) is 19.0. The van der Waals surface area contributed by atoms with E-state index in [1.54, 1.807) is 6.92 Å². The largest absolute Gasteiger partial charge is 0.489 e. The van der Waals surface area contributed by atoms with Crippen LogP contribution < -0.4 is 9.64 Å². The summed E-state index contributed by atoms with van der Waals surface area (Å²) >= 11 is 0. The fraction of sp³-hybridized carbons (Fsp3) is 0.276. The van der Waals surface area contributed by atoms with E-state index < -0.39 is 5.97 Å². The van der Waals surface area contributed by atoms with E-state index in [0.717, 1.165) is 36.4 Å². The Labute approximate surface area is 195 Å². The van der Waals surface area contributed by atoms with Gasteiger partial charge in [0.15, 0.2) is 0 Å². The lowest BCUT2D eigenvalue weighted by Gasteiger charge is -2.31. The molecular formula is C29H29NO3. The zero-order chi connectivity index (χ0) is 23.0. The average molecular weight is 440 g/mol. The maximum atomic E-state index is 11.1. The molecule has 168 valence electrons. The van der Waals surface area contributed by atoms with Crippen LogP contribution in [0.1, 0.15) is 47.9 Å². The smallest absolute Gasteiger partial charge is 0.304 e. The van der Waals surface area contributed by atoms with Gasteiger partial charge in [-0.25, -0.2) is 0 Å². The van der Waals surface area contributed by atoms with E-state index >= 15 is 0 Å². The van der Waals surface area contributed by atoms with Crippen molar-refractivity contribution in [1.29, 1.82) is 0 Å². The molecule has 4 nitrogen and oxygen atoms in total. The number of benzene rings is 3. The number of carbonyl (C=O) groups is 1. The second-order valence-corrected chi connectivity index (χ2v) is 8.38. The third-order valence-electron chi connectivity index (χ3n) is 5.96. The summed E-state index contributed by atoms with van der Waals surface area (Å²) in [4.78, 5) is 13.6. The standard InChI is InChI=1S/C29H29NO3/c1-2-7-26(19-29(31)32)24-13-15-27(16-14-24)33-21-23-9-5-8-22(18-23)20-30-17-6-11-25-10-3-4-12-28(25)30/h3-5,8-10,12-16,18,26H,6,11,17,19-21H2,1H3,(H,31,32)/t26-/m0/s1. The number of para-hydroxylation sites is 1. The number of nitrogens with zero attached hydrogens (tertiary/aromatic N) is 1. The topological polar surface area (TPSA) is 49.8 Å². The molecule has 1 heterocycles. The Kier molecular flexibility index (Phi) is 7.32. The number of ether oxygens (including phenoxy) is 1. The predicted octanol–water partition coefficient (Wildman–Crippen LogP) is 5.80. The van der Waals surface area contributed by atoms with Gasteiger partial charge in [0.25, 0.3) is 0 Å². The van der Waals surface area contributed by atoms with Gasteiger partial charge in [0, 0.05) is 18.8 Å². The van der Waals surface area contributed by atoms with Crippen molar-refractivity contribution in [2.24, 2.45) is 0 Å². The van der Waals surface area contributed by atoms with Crippen LogP contribution in [0.2, 0.25) is 0 Å². The minimum absolute atomic E-state index is 0.00463. The van der Waals surface area contributed by atoms with Crippen LogP contribution in [0.25, 0.3) is 0 Å². The lowest BCUT2D eigenvalue weighted by atomic mass is 9.96. The summed E-state index contributed by atoms with van der Waals surface area (Å²) in [5, 5.41) is 9.12. The number of aryl methyl sites for hydroxylation is 1. The number of carboxylic acids is 1. The Morgan fingerprint density at radius 2 is 1.85 bits per heavy atom. The summed E-state index contributed by atoms with van der Waals surface area (Å²) in [5.41, 5.74) is 6.07. The molecule has 0 saturated heterocycles. The van der Waals surface area contributed by atoms with Crippen LogP contribution in [0.4, 0.5) is 5.69 Å². The van der Waals surface area contributed by atoms with E-state index in [-0.39, 0.29) is 12.3 Å². The normalized spacial score (nSPS) is 13.4. The average Bonchev–Trinajstić information content (AvgIpc) is 2.83. The molecule has 1 atom stereocenters. The van der Waals surface area contributed by atoms with Gasteiger partial charge < -0.3 is 14.7 Å². The first-order valence-corrected chi connectivity index (χ1v) is 11.4. The van der Waals surface area contributed by atoms with Crippen LogP contribution in [0.3, 0.4) is 0 Å². The summed E-state index contributed by atoms with van der Waals surface area (Å²) in [5.74, 6) is 5.40. The highest BCUT2D eigenvalue weighted by Crippen LogP contribution is 2.28. The Morgan fingerprint density at radius 1 is 1.06 bits per heavy atom. The van der Waals surface area contributed by atoms with Crippen molar-refractivity contribution < 1.29 is 14.6 Å². The van der Waals surface area contributed by atoms with Crippen molar-refractivity contribution in [3.63, 3.8) is 0 Å². The Balaban J connectivity index is 1.38. The molecule has 0 aromatic heterocycles. The molecule has 4 heteroatoms. The number of fused-ring (bicyclic) bond motifs is 1. The minimum Gasteiger partial charge on any atom is -0.489 e. The Morgan fingerprint density at radius 3 is 2.64 bits per heavy atom. The van der Waals surface area contributed by atoms with Crippen molar-refractivity contribution >= 4 is 11.7 Å². The lowest BCUT2D eigenvalue weighted by Crippen LogP contribution is -2.28. The fourth-order valence-electron chi connectivity index (χ4n) is 4.38. The SMILES string of the molecule is CC#C[C@@H](CC(=O)O)c1ccc(OCc2cccc(CN3CCCc4ccccc43)c2)cc1. The van der Waals surface area contributed by atoms with Gasteiger partial charge in [-0.2, -0.15) is 0 Å². The molecule has 0 aliphatic carbocycles. The van der Waals surface area contributed by atoms with Gasteiger partial charge in [0.05, 0.1) is 12.3 Å². The lowest BCUT2D eigenvalue weighted by molar-refractivity contribution is -0.137. The quantitative estimate of drug-likeness (QED) is 0.451. The molecule has 1 aliphatic heterocycles. The van der Waals surface area contributed by atoms with Gasteiger partial charge in [-0.3, -0.25) is 4.79 Å². The van der Waals surface area contributed by atoms with Crippen molar-refractivity contribution in [2.75, 3.05) is 11.4 Å². The number of aliphatic carboxylic acids is 1. The third-order valence-corrected chi connectivity index (χ3v) is 5.96. The molecule has 0 fully saturated rings. The molecule has 0 radical (unpaired) electrons. The number of hydrogen-bond acceptors (Lipinski definition) is 3. The second-order valence-electron chi connectivity index (χ2n) is 8.38. The van der Waals surface area contributed by atoms with Crippen LogP contribution in [0.15, 0.2) is 72.8 Å². The van der Waals surface area contributed by atoms with E-state index in [0.29, 0.717) is 6.61 Å². The molecule has 0 amide bonds. The summed E-state index contributed by atoms with van der Waals surface area (Å²) in [6.45, 7) is 4.18. The van der Waals surface area contributed by atoms with E-state index in [9.17, 15) is 4.79 Å². The minimum atomic E-state index is -0.851. The first-order chi connectivity index (χ1) is 16.1. The molecule has 1 aliphatic rings. The van der Waals surface area contributed by atoms with Gasteiger partial charge in [-0.1, -0.05) is 60.5 Å². The Hall–Kier alpha value is -3.71. The van der Waals surface area contributed by atoms with Crippen molar-refractivity contribution in [2.45, 2.75) is 45.3 Å². The molecule has 0 bridgehead atoms. The maximum absolute atomic E-state index is 11.1. The van der Waals surface area contributed by atoms with Gasteiger partial charge in [0.1, 0.15) is 12.4 Å². The van der Waals surface area contributed by atoms with Crippen LogP contribution >= 0.6 is 0 Å². The van der Waals surface area contributed by atoms with Crippen LogP contribution in [-0.2, 0) is 24.4 Å². The van der Waals surface area contributed by atoms with Gasteiger partial charge in [-0.05, 0) is 60.2 Å². The highest BCUT2D eigenvalue weighted by atomic mass is 16.5. The van der Waals surface area contributed by atoms with Crippen LogP contribution in [-0.4, -0.2) is 17.6 Å². The van der Waals surface area contributed by atoms with Gasteiger partial charge >= 0.3 is 5.97 Å². The molecule has 4 rings (SSSR count). The summed E-state index contributed by atoms with van der Waals surface area (Å²) in [6.07, 6.45) is 2.34. The van der Waals surface area contributed by atoms with Crippen LogP contribution in [0.5, 0.6) is 5.75 Å². The molecule has 1 N–H and O–H groups in total. The highest BCUT2D eigenvalue weighted by molar-refractivity contribution is 5.69. The van der Waals surface area contributed by atoms with Crippen molar-refractivity contribution in [1.82, 2.24) is 0 Å². The fourth-order valence-corrected chi connectivity index (χ4v) is 4.38. The predicted molar refractivity (Wildman–Crippen MR) is 131 cm³/mol. The summed E-state index contributed by atoms with van der Waals surface area (Å²) in [7, 11) is 0. The first-order valence-electron chi connectivity index (χ1n) is 11.4. The molecule has 3 aromatic rings. The molecule has 0 saturated carbocycles. The molecule has 3 aromatic carbocycles. The van der Waals surface area contributed by atoms with E-state index in [4.69, 9.17) is 9.84 Å². The number of anilines is 1. The van der Waals surface area contributed by atoms with E-state index in [1.165, 1.54) is 23.2 Å². The first kappa shape index (κ1) is 22.5. The Bertz CT molecular complexity index is 1160. The maximum Gasteiger partial charge on any atom is 0.304 e. The monoisotopic (exact) mass is 439 g/mol. The zero-order valence-corrected chi connectivity index (χ0v) is 19.0. The van der Waals surface area contributed by atoms with Gasteiger partial charge in [0.2, 0.25) is 0 Å².